The van der Waals surface area contributed by atoms with Gasteiger partial charge in [-0.2, -0.15) is 0 Å². The van der Waals surface area contributed by atoms with Gasteiger partial charge in [-0.3, -0.25) is 4.98 Å². The van der Waals surface area contributed by atoms with Gasteiger partial charge in [0.1, 0.15) is 5.56 Å². The summed E-state index contributed by atoms with van der Waals surface area (Å²) < 4.78 is 0. The molecule has 2 rings (SSSR count). The van der Waals surface area contributed by atoms with Crippen molar-refractivity contribution in [3.05, 3.63) is 23.5 Å². The number of hydrogen-bond acceptors (Lipinski definition) is 3. The standard InChI is InChI=1S/C10H12N2O2.ClH/c1-10(2)3-6-4-11-5-7(9(13)14)8(6)12-10;/h4-5,12H,3H2,1-2H3,(H,13,14);1H. The van der Waals surface area contributed by atoms with Crippen LogP contribution in [0.4, 0.5) is 5.69 Å². The Hall–Kier alpha value is -1.29. The maximum Gasteiger partial charge on any atom is 0.339 e. The molecule has 1 aliphatic heterocycles. The van der Waals surface area contributed by atoms with Crippen LogP contribution in [0.3, 0.4) is 0 Å². The highest BCUT2D eigenvalue weighted by Gasteiger charge is 2.30. The number of aromatic nitrogens is 1. The van der Waals surface area contributed by atoms with E-state index in [4.69, 9.17) is 5.11 Å². The van der Waals surface area contributed by atoms with Gasteiger partial charge < -0.3 is 10.4 Å². The lowest BCUT2D eigenvalue weighted by Gasteiger charge is -2.18. The second-order valence-electron chi connectivity index (χ2n) is 4.21. The molecule has 0 aromatic carbocycles. The van der Waals surface area contributed by atoms with Crippen molar-refractivity contribution in [2.24, 2.45) is 0 Å². The predicted molar refractivity (Wildman–Crippen MR) is 59.9 cm³/mol. The van der Waals surface area contributed by atoms with E-state index >= 15 is 0 Å². The fraction of sp³-hybridized carbons (Fsp3) is 0.400. The number of carboxylic acids is 1. The molecule has 4 nitrogen and oxygen atoms in total. The van der Waals surface area contributed by atoms with Crippen molar-refractivity contribution < 1.29 is 9.90 Å². The minimum Gasteiger partial charge on any atom is -0.478 e. The van der Waals surface area contributed by atoms with E-state index in [0.717, 1.165) is 17.7 Å². The van der Waals surface area contributed by atoms with Crippen LogP contribution in [0.25, 0.3) is 0 Å². The summed E-state index contributed by atoms with van der Waals surface area (Å²) in [7, 11) is 0. The number of aromatic carboxylic acids is 1. The van der Waals surface area contributed by atoms with E-state index in [2.05, 4.69) is 10.3 Å². The topological polar surface area (TPSA) is 62.2 Å². The number of hydrogen-bond donors (Lipinski definition) is 2. The summed E-state index contributed by atoms with van der Waals surface area (Å²) in [4.78, 5) is 14.8. The molecule has 1 aromatic rings. The number of rotatable bonds is 1. The number of carbonyl (C=O) groups is 1. The predicted octanol–water partition coefficient (Wildman–Crippen LogP) is 1.95. The lowest BCUT2D eigenvalue weighted by molar-refractivity contribution is 0.0697. The van der Waals surface area contributed by atoms with Crippen molar-refractivity contribution in [3.63, 3.8) is 0 Å². The van der Waals surface area contributed by atoms with Gasteiger partial charge in [0, 0.05) is 17.9 Å². The molecule has 82 valence electrons. The van der Waals surface area contributed by atoms with Crippen molar-refractivity contribution >= 4 is 24.1 Å². The first-order valence-electron chi connectivity index (χ1n) is 4.48. The number of pyridine rings is 1. The normalized spacial score (nSPS) is 16.1. The van der Waals surface area contributed by atoms with Gasteiger partial charge in [-0.25, -0.2) is 4.79 Å². The van der Waals surface area contributed by atoms with Crippen molar-refractivity contribution in [2.75, 3.05) is 5.32 Å². The van der Waals surface area contributed by atoms with Crippen LogP contribution < -0.4 is 5.32 Å². The molecule has 15 heavy (non-hydrogen) atoms. The van der Waals surface area contributed by atoms with Crippen molar-refractivity contribution in [3.8, 4) is 0 Å². The first kappa shape index (κ1) is 11.8. The molecule has 0 radical (unpaired) electrons. The van der Waals surface area contributed by atoms with Gasteiger partial charge in [0.05, 0.1) is 5.69 Å². The zero-order valence-electron chi connectivity index (χ0n) is 8.57. The highest BCUT2D eigenvalue weighted by Crippen LogP contribution is 2.33. The third kappa shape index (κ3) is 2.04. The van der Waals surface area contributed by atoms with Crippen LogP contribution in [-0.2, 0) is 6.42 Å². The van der Waals surface area contributed by atoms with Crippen molar-refractivity contribution in [2.45, 2.75) is 25.8 Å². The molecule has 0 aliphatic carbocycles. The third-order valence-corrected chi connectivity index (χ3v) is 2.35. The van der Waals surface area contributed by atoms with E-state index in [9.17, 15) is 4.79 Å². The van der Waals surface area contributed by atoms with E-state index in [1.807, 2.05) is 13.8 Å². The van der Waals surface area contributed by atoms with Crippen LogP contribution >= 0.6 is 12.4 Å². The fourth-order valence-corrected chi connectivity index (χ4v) is 1.81. The molecule has 0 amide bonds. The largest absolute Gasteiger partial charge is 0.478 e. The number of nitrogens with one attached hydrogen (secondary N) is 1. The maximum atomic E-state index is 10.9. The van der Waals surface area contributed by atoms with E-state index in [-0.39, 0.29) is 23.5 Å². The first-order chi connectivity index (χ1) is 6.49. The van der Waals surface area contributed by atoms with Crippen LogP contribution in [0.2, 0.25) is 0 Å². The lowest BCUT2D eigenvalue weighted by atomic mass is 10.0. The summed E-state index contributed by atoms with van der Waals surface area (Å²) in [5.41, 5.74) is 1.88. The second kappa shape index (κ2) is 3.70. The van der Waals surface area contributed by atoms with Crippen LogP contribution in [0.15, 0.2) is 12.4 Å². The maximum absolute atomic E-state index is 10.9. The Morgan fingerprint density at radius 1 is 1.53 bits per heavy atom. The van der Waals surface area contributed by atoms with Crippen LogP contribution in [0.5, 0.6) is 0 Å². The number of fused-ring (bicyclic) bond motifs is 1. The summed E-state index contributed by atoms with van der Waals surface area (Å²) in [6, 6.07) is 0. The van der Waals surface area contributed by atoms with Gasteiger partial charge in [0.2, 0.25) is 0 Å². The molecule has 1 aliphatic rings. The molecule has 1 aromatic heterocycles. The fourth-order valence-electron chi connectivity index (χ4n) is 1.81. The van der Waals surface area contributed by atoms with E-state index in [1.54, 1.807) is 6.20 Å². The number of halogens is 1. The molecule has 0 unspecified atom stereocenters. The molecule has 0 fully saturated rings. The smallest absolute Gasteiger partial charge is 0.339 e. The Bertz CT molecular complexity index is 404. The van der Waals surface area contributed by atoms with Gasteiger partial charge >= 0.3 is 5.97 Å². The number of nitrogens with zero attached hydrogens (tertiary/aromatic N) is 1. The van der Waals surface area contributed by atoms with Gasteiger partial charge in [-0.05, 0) is 25.8 Å². The summed E-state index contributed by atoms with van der Waals surface area (Å²) in [5.74, 6) is -0.931. The SMILES string of the molecule is CC1(C)Cc2cncc(C(=O)O)c2N1.Cl. The van der Waals surface area contributed by atoms with E-state index in [1.165, 1.54) is 6.20 Å². The summed E-state index contributed by atoms with van der Waals surface area (Å²) >= 11 is 0. The highest BCUT2D eigenvalue weighted by molar-refractivity contribution is 5.95. The molecule has 0 bridgehead atoms. The zero-order valence-corrected chi connectivity index (χ0v) is 9.39. The Kier molecular flexibility index (Phi) is 2.90. The summed E-state index contributed by atoms with van der Waals surface area (Å²) in [6.45, 7) is 4.08. The molecule has 0 spiro atoms. The minimum atomic E-state index is -0.931. The first-order valence-corrected chi connectivity index (χ1v) is 4.48. The van der Waals surface area contributed by atoms with Gasteiger partial charge in [0.25, 0.3) is 0 Å². The summed E-state index contributed by atoms with van der Waals surface area (Å²) in [6.07, 6.45) is 3.93. The van der Waals surface area contributed by atoms with Gasteiger partial charge in [-0.15, -0.1) is 12.4 Å². The quantitative estimate of drug-likeness (QED) is 0.771. The molecule has 0 saturated heterocycles. The second-order valence-corrected chi connectivity index (χ2v) is 4.21. The Morgan fingerprint density at radius 3 is 2.80 bits per heavy atom. The highest BCUT2D eigenvalue weighted by atomic mass is 35.5. The third-order valence-electron chi connectivity index (χ3n) is 2.35. The van der Waals surface area contributed by atoms with Crippen molar-refractivity contribution in [1.82, 2.24) is 4.98 Å². The lowest BCUT2D eigenvalue weighted by Crippen LogP contribution is -2.27. The average molecular weight is 229 g/mol. The van der Waals surface area contributed by atoms with Gasteiger partial charge in [-0.1, -0.05) is 0 Å². The molecule has 2 N–H and O–H groups in total. The zero-order chi connectivity index (χ0) is 10.3. The van der Waals surface area contributed by atoms with Gasteiger partial charge in [0.15, 0.2) is 0 Å². The molecular weight excluding hydrogens is 216 g/mol. The van der Waals surface area contributed by atoms with Crippen molar-refractivity contribution in [1.29, 1.82) is 0 Å². The molecule has 2 heterocycles. The Balaban J connectivity index is 0.00000112. The molecular formula is C10H13ClN2O2. The number of carboxylic acid groups (broad SMARTS) is 1. The Morgan fingerprint density at radius 2 is 2.20 bits per heavy atom. The number of anilines is 1. The Labute approximate surface area is 94.1 Å². The van der Waals surface area contributed by atoms with E-state index < -0.39 is 5.97 Å². The molecule has 0 saturated carbocycles. The van der Waals surface area contributed by atoms with Crippen LogP contribution in [0.1, 0.15) is 29.8 Å². The summed E-state index contributed by atoms with van der Waals surface area (Å²) in [5, 5.41) is 12.1. The van der Waals surface area contributed by atoms with Crippen LogP contribution in [-0.4, -0.2) is 21.6 Å². The van der Waals surface area contributed by atoms with Crippen LogP contribution in [0, 0.1) is 0 Å². The monoisotopic (exact) mass is 228 g/mol. The molecule has 5 heteroatoms. The molecule has 0 atom stereocenters. The minimum absolute atomic E-state index is 0. The van der Waals surface area contributed by atoms with E-state index in [0.29, 0.717) is 0 Å². The average Bonchev–Trinajstić information content (AvgIpc) is 2.36.